The number of nitrogens with zero attached hydrogens (tertiary/aromatic N) is 1. The van der Waals surface area contributed by atoms with Gasteiger partial charge in [0, 0.05) is 31.6 Å². The molecule has 1 aliphatic heterocycles. The highest BCUT2D eigenvalue weighted by Crippen LogP contribution is 2.43. The molecule has 8 nitrogen and oxygen atoms in total. The minimum absolute atomic E-state index is 0.0405. The molecule has 2 N–H and O–H groups in total. The Balaban J connectivity index is 1.54. The van der Waals surface area contributed by atoms with E-state index >= 15 is 0 Å². The van der Waals surface area contributed by atoms with Gasteiger partial charge in [0.2, 0.25) is 5.90 Å². The lowest BCUT2D eigenvalue weighted by atomic mass is 9.84. The Hall–Kier alpha value is -4.47. The van der Waals surface area contributed by atoms with Crippen molar-refractivity contribution in [3.05, 3.63) is 120 Å². The van der Waals surface area contributed by atoms with Gasteiger partial charge in [0.15, 0.2) is 21.5 Å². The lowest BCUT2D eigenvalue weighted by Gasteiger charge is -2.30. The van der Waals surface area contributed by atoms with Crippen molar-refractivity contribution in [3.63, 3.8) is 0 Å². The fourth-order valence-electron chi connectivity index (χ4n) is 5.42. The minimum Gasteiger partial charge on any atom is -0.494 e. The van der Waals surface area contributed by atoms with E-state index in [2.05, 4.69) is 5.32 Å². The van der Waals surface area contributed by atoms with Gasteiger partial charge in [0.05, 0.1) is 17.3 Å². The van der Waals surface area contributed by atoms with Crippen LogP contribution in [-0.2, 0) is 19.4 Å². The molecule has 1 heterocycles. The maximum absolute atomic E-state index is 14.2. The zero-order valence-electron chi connectivity index (χ0n) is 26.0. The van der Waals surface area contributed by atoms with Crippen LogP contribution in [0.5, 0.6) is 5.75 Å². The third-order valence-corrected chi connectivity index (χ3v) is 9.75. The number of aliphatic hydroxyl groups is 1. The van der Waals surface area contributed by atoms with E-state index in [1.807, 2.05) is 61.5 Å². The van der Waals surface area contributed by atoms with E-state index < -0.39 is 21.5 Å². The van der Waals surface area contributed by atoms with Crippen molar-refractivity contribution >= 4 is 21.6 Å². The van der Waals surface area contributed by atoms with Gasteiger partial charge >= 0.3 is 0 Å². The zero-order valence-corrected chi connectivity index (χ0v) is 26.8. The first-order valence-electron chi connectivity index (χ1n) is 15.7. The maximum atomic E-state index is 14.2. The van der Waals surface area contributed by atoms with Gasteiger partial charge < -0.3 is 19.9 Å². The molecule has 0 aliphatic carbocycles. The van der Waals surface area contributed by atoms with Crippen molar-refractivity contribution in [3.8, 4) is 16.9 Å². The number of sulfone groups is 1. The van der Waals surface area contributed by atoms with Crippen molar-refractivity contribution in [2.24, 2.45) is 4.99 Å². The summed E-state index contributed by atoms with van der Waals surface area (Å²) in [5.41, 5.74) is 1.86. The topological polar surface area (TPSA) is 114 Å². The molecule has 4 aromatic rings. The number of carbonyl (C=O) groups excluding carboxylic acids is 1. The van der Waals surface area contributed by atoms with Crippen LogP contribution in [0.3, 0.4) is 0 Å². The first-order chi connectivity index (χ1) is 22.4. The van der Waals surface area contributed by atoms with E-state index in [4.69, 9.17) is 19.6 Å². The number of hydrogen-bond donors (Lipinski definition) is 2. The lowest BCUT2D eigenvalue weighted by molar-refractivity contribution is -0.129. The molecule has 0 saturated carbocycles. The van der Waals surface area contributed by atoms with E-state index in [9.17, 15) is 13.2 Å². The highest BCUT2D eigenvalue weighted by Gasteiger charge is 2.53. The van der Waals surface area contributed by atoms with Crippen LogP contribution in [0.25, 0.3) is 11.1 Å². The number of benzene rings is 4. The summed E-state index contributed by atoms with van der Waals surface area (Å²) in [4.78, 5) is 19.4. The Kier molecular flexibility index (Phi) is 10.9. The van der Waals surface area contributed by atoms with E-state index in [1.54, 1.807) is 54.6 Å². The SMILES string of the molecule is CCCCNC(=O)[C@]1(CCS(=O)(=O)c2ccccc2)N=C(c2ccc(OCCCO)cc2)O[C@@H]1c1ccc(-c2ccccc2)cc1. The summed E-state index contributed by atoms with van der Waals surface area (Å²) < 4.78 is 39.2. The summed E-state index contributed by atoms with van der Waals surface area (Å²) >= 11 is 0. The predicted molar refractivity (Wildman–Crippen MR) is 180 cm³/mol. The molecule has 0 aromatic heterocycles. The van der Waals surface area contributed by atoms with Crippen LogP contribution in [0.2, 0.25) is 0 Å². The van der Waals surface area contributed by atoms with Crippen molar-refractivity contribution in [1.29, 1.82) is 0 Å². The Bertz CT molecular complexity index is 1710. The van der Waals surface area contributed by atoms with Gasteiger partial charge in [-0.2, -0.15) is 0 Å². The molecule has 1 amide bonds. The van der Waals surface area contributed by atoms with Gasteiger partial charge in [0.1, 0.15) is 5.75 Å². The summed E-state index contributed by atoms with van der Waals surface area (Å²) in [6.45, 7) is 2.90. The highest BCUT2D eigenvalue weighted by molar-refractivity contribution is 7.91. The number of hydrogen-bond acceptors (Lipinski definition) is 7. The number of carbonyl (C=O) groups is 1. The molecule has 0 unspecified atom stereocenters. The second-order valence-corrected chi connectivity index (χ2v) is 13.4. The largest absolute Gasteiger partial charge is 0.494 e. The molecule has 240 valence electrons. The normalized spacial score (nSPS) is 17.6. The molecular weight excluding hydrogens is 600 g/mol. The van der Waals surface area contributed by atoms with Gasteiger partial charge in [-0.25, -0.2) is 13.4 Å². The van der Waals surface area contributed by atoms with Crippen LogP contribution in [0.1, 0.15) is 49.8 Å². The average molecular weight is 641 g/mol. The molecule has 0 fully saturated rings. The molecule has 0 spiro atoms. The monoisotopic (exact) mass is 640 g/mol. The van der Waals surface area contributed by atoms with Crippen molar-refractivity contribution < 1.29 is 27.8 Å². The van der Waals surface area contributed by atoms with E-state index in [0.717, 1.165) is 24.0 Å². The van der Waals surface area contributed by atoms with Crippen LogP contribution >= 0.6 is 0 Å². The summed E-state index contributed by atoms with van der Waals surface area (Å²) in [6, 6.07) is 33.2. The van der Waals surface area contributed by atoms with Crippen molar-refractivity contribution in [2.45, 2.75) is 49.1 Å². The minimum atomic E-state index is -3.73. The maximum Gasteiger partial charge on any atom is 0.252 e. The van der Waals surface area contributed by atoms with E-state index in [1.165, 1.54) is 0 Å². The molecule has 0 saturated heterocycles. The third-order valence-electron chi connectivity index (χ3n) is 8.02. The van der Waals surface area contributed by atoms with Crippen LogP contribution in [0, 0.1) is 0 Å². The van der Waals surface area contributed by atoms with Gasteiger partial charge in [0.25, 0.3) is 5.91 Å². The average Bonchev–Trinajstić information content (AvgIpc) is 3.50. The number of rotatable bonds is 15. The molecule has 9 heteroatoms. The number of aliphatic imine (C=N–C) groups is 1. The van der Waals surface area contributed by atoms with Crippen LogP contribution in [0.15, 0.2) is 119 Å². The third kappa shape index (κ3) is 7.66. The van der Waals surface area contributed by atoms with Crippen LogP contribution in [-0.4, -0.2) is 56.4 Å². The first kappa shape index (κ1) is 32.9. The summed E-state index contributed by atoms with van der Waals surface area (Å²) in [5.74, 6) is 0.206. The molecule has 46 heavy (non-hydrogen) atoms. The molecule has 2 atom stereocenters. The number of unbranched alkanes of at least 4 members (excludes halogenated alkanes) is 1. The number of nitrogens with one attached hydrogen (secondary N) is 1. The Morgan fingerprint density at radius 1 is 0.870 bits per heavy atom. The first-order valence-corrected chi connectivity index (χ1v) is 17.3. The second kappa shape index (κ2) is 15.2. The van der Waals surface area contributed by atoms with Crippen molar-refractivity contribution in [1.82, 2.24) is 5.32 Å². The quantitative estimate of drug-likeness (QED) is 0.151. The second-order valence-electron chi connectivity index (χ2n) is 11.3. The van der Waals surface area contributed by atoms with E-state index in [0.29, 0.717) is 36.4 Å². The molecule has 0 radical (unpaired) electrons. The van der Waals surface area contributed by atoms with Crippen LogP contribution < -0.4 is 10.1 Å². The van der Waals surface area contributed by atoms with Gasteiger partial charge in [-0.15, -0.1) is 0 Å². The standard InChI is InChI=1S/C37H40N2O6S/c1-2-3-24-38-36(41)37(23-27-46(42,43)33-13-8-5-9-14-33)34(30-17-15-29(16-18-30)28-11-6-4-7-12-28)45-35(39-37)31-19-21-32(22-20-31)44-26-10-25-40/h4-9,11-22,34,40H,2-3,10,23-27H2,1H3,(H,38,41)/t34-,37-/m1/s1. The van der Waals surface area contributed by atoms with Gasteiger partial charge in [-0.1, -0.05) is 86.1 Å². The molecule has 1 aliphatic rings. The summed E-state index contributed by atoms with van der Waals surface area (Å²) in [5, 5.41) is 12.1. The van der Waals surface area contributed by atoms with Gasteiger partial charge in [-0.05, 0) is 59.5 Å². The predicted octanol–water partition coefficient (Wildman–Crippen LogP) is 6.15. The Morgan fingerprint density at radius 3 is 2.15 bits per heavy atom. The number of ether oxygens (including phenoxy) is 2. The van der Waals surface area contributed by atoms with E-state index in [-0.39, 0.29) is 35.5 Å². The Morgan fingerprint density at radius 2 is 1.50 bits per heavy atom. The molecule has 4 aromatic carbocycles. The zero-order chi connectivity index (χ0) is 32.4. The van der Waals surface area contributed by atoms with Crippen molar-refractivity contribution in [2.75, 3.05) is 25.5 Å². The smallest absolute Gasteiger partial charge is 0.252 e. The fourth-order valence-corrected chi connectivity index (χ4v) is 6.81. The lowest BCUT2D eigenvalue weighted by Crippen LogP contribution is -2.49. The molecule has 0 bridgehead atoms. The van der Waals surface area contributed by atoms with Crippen LogP contribution in [0.4, 0.5) is 0 Å². The molecule has 5 rings (SSSR count). The van der Waals surface area contributed by atoms with Gasteiger partial charge in [-0.3, -0.25) is 4.79 Å². The summed E-state index contributed by atoms with van der Waals surface area (Å²) in [7, 11) is -3.73. The number of aliphatic hydroxyl groups excluding tert-OH is 1. The fraction of sp³-hybridized carbons (Fsp3) is 0.297. The summed E-state index contributed by atoms with van der Waals surface area (Å²) in [6.07, 6.45) is 1.22. The number of amides is 1. The molecular formula is C37H40N2O6S. The Labute approximate surface area is 271 Å². The highest BCUT2D eigenvalue weighted by atomic mass is 32.2.